The second kappa shape index (κ2) is 11.6. The highest BCUT2D eigenvalue weighted by molar-refractivity contribution is 9.10. The molecule has 0 aliphatic carbocycles. The molecule has 1 amide bonds. The van der Waals surface area contributed by atoms with E-state index in [9.17, 15) is 13.2 Å². The zero-order chi connectivity index (χ0) is 25.5. The minimum Gasteiger partial charge on any atom is -0.444 e. The molecule has 0 aliphatic rings. The van der Waals surface area contributed by atoms with Crippen molar-refractivity contribution in [3.8, 4) is 0 Å². The molecule has 0 aromatic heterocycles. The van der Waals surface area contributed by atoms with E-state index in [0.717, 1.165) is 11.3 Å². The third-order valence-corrected chi connectivity index (χ3v) is 6.71. The van der Waals surface area contributed by atoms with Crippen LogP contribution in [0, 0.1) is 0 Å². The Bertz CT molecular complexity index is 1240. The van der Waals surface area contributed by atoms with Crippen LogP contribution in [0.15, 0.2) is 88.2 Å². The maximum absolute atomic E-state index is 12.9. The van der Waals surface area contributed by atoms with Gasteiger partial charge >= 0.3 is 6.09 Å². The number of rotatable bonds is 9. The van der Waals surface area contributed by atoms with E-state index in [-0.39, 0.29) is 4.90 Å². The number of nitrogens with zero attached hydrogens (tertiary/aromatic N) is 1. The molecule has 0 radical (unpaired) electrons. The van der Waals surface area contributed by atoms with Crippen LogP contribution in [0.25, 0.3) is 0 Å². The predicted octanol–water partition coefficient (Wildman–Crippen LogP) is 5.78. The molecule has 0 unspecified atom stereocenters. The maximum Gasteiger partial charge on any atom is 0.407 e. The number of amides is 1. The van der Waals surface area contributed by atoms with Crippen molar-refractivity contribution in [2.24, 2.45) is 0 Å². The summed E-state index contributed by atoms with van der Waals surface area (Å²) in [6, 6.07) is 23.7. The van der Waals surface area contributed by atoms with Gasteiger partial charge < -0.3 is 15.0 Å². The van der Waals surface area contributed by atoms with Crippen LogP contribution in [0.2, 0.25) is 0 Å². The highest BCUT2D eigenvalue weighted by Gasteiger charge is 2.18. The Morgan fingerprint density at radius 1 is 0.971 bits per heavy atom. The molecular formula is C26H30BrN3O4S. The fourth-order valence-electron chi connectivity index (χ4n) is 3.32. The van der Waals surface area contributed by atoms with Gasteiger partial charge in [0.1, 0.15) is 5.60 Å². The van der Waals surface area contributed by atoms with Crippen molar-refractivity contribution in [2.45, 2.75) is 37.8 Å². The first-order chi connectivity index (χ1) is 16.5. The van der Waals surface area contributed by atoms with Crippen molar-refractivity contribution in [2.75, 3.05) is 22.7 Å². The monoisotopic (exact) mass is 559 g/mol. The molecule has 0 aliphatic heterocycles. The lowest BCUT2D eigenvalue weighted by Gasteiger charge is -2.26. The molecule has 2 N–H and O–H groups in total. The first-order valence-corrected chi connectivity index (χ1v) is 13.4. The van der Waals surface area contributed by atoms with E-state index in [4.69, 9.17) is 4.74 Å². The van der Waals surface area contributed by atoms with Crippen LogP contribution in [0.1, 0.15) is 26.3 Å². The van der Waals surface area contributed by atoms with Crippen LogP contribution in [0.5, 0.6) is 0 Å². The van der Waals surface area contributed by atoms with Gasteiger partial charge in [-0.05, 0) is 62.7 Å². The summed E-state index contributed by atoms with van der Waals surface area (Å²) in [6.07, 6.45) is -0.479. The van der Waals surface area contributed by atoms with E-state index in [0.29, 0.717) is 29.8 Å². The van der Waals surface area contributed by atoms with E-state index >= 15 is 0 Å². The largest absolute Gasteiger partial charge is 0.444 e. The minimum atomic E-state index is -3.75. The maximum atomic E-state index is 12.9. The fraction of sp³-hybridized carbons (Fsp3) is 0.269. The molecular weight excluding hydrogens is 530 g/mol. The van der Waals surface area contributed by atoms with E-state index in [1.165, 1.54) is 0 Å². The van der Waals surface area contributed by atoms with E-state index in [2.05, 4.69) is 30.9 Å². The molecule has 35 heavy (non-hydrogen) atoms. The Morgan fingerprint density at radius 3 is 2.37 bits per heavy atom. The number of sulfonamides is 1. The van der Waals surface area contributed by atoms with Gasteiger partial charge in [-0.1, -0.05) is 58.4 Å². The van der Waals surface area contributed by atoms with Gasteiger partial charge in [-0.15, -0.1) is 0 Å². The van der Waals surface area contributed by atoms with Gasteiger partial charge in [-0.2, -0.15) is 0 Å². The Hall–Kier alpha value is -3.04. The summed E-state index contributed by atoms with van der Waals surface area (Å²) in [6.45, 7) is 6.88. The molecule has 0 spiro atoms. The minimum absolute atomic E-state index is 0.167. The lowest BCUT2D eigenvalue weighted by Crippen LogP contribution is -2.38. The Labute approximate surface area is 215 Å². The van der Waals surface area contributed by atoms with Crippen LogP contribution < -0.4 is 14.9 Å². The number of ether oxygens (including phenoxy) is 1. The number of benzene rings is 3. The summed E-state index contributed by atoms with van der Waals surface area (Å²) in [5.41, 5.74) is 1.77. The molecule has 0 saturated heterocycles. The average Bonchev–Trinajstić information content (AvgIpc) is 2.78. The van der Waals surface area contributed by atoms with Gasteiger partial charge in [0.2, 0.25) is 0 Å². The molecule has 186 valence electrons. The number of anilines is 2. The summed E-state index contributed by atoms with van der Waals surface area (Å²) in [4.78, 5) is 14.3. The fourth-order valence-corrected chi connectivity index (χ4v) is 4.97. The summed E-state index contributed by atoms with van der Waals surface area (Å²) in [5, 5.41) is 2.79. The van der Waals surface area contributed by atoms with Gasteiger partial charge in [0.15, 0.2) is 0 Å². The van der Waals surface area contributed by atoms with Gasteiger partial charge in [-0.3, -0.25) is 4.72 Å². The van der Waals surface area contributed by atoms with Crippen molar-refractivity contribution in [1.82, 2.24) is 5.32 Å². The van der Waals surface area contributed by atoms with Gasteiger partial charge in [0, 0.05) is 29.8 Å². The standard InChI is InChI=1S/C26H30BrN3O4S/c1-26(2,3)34-25(31)28-15-16-30(19-20-9-5-4-6-10-20)23-13-8-12-22(18-23)29-35(32,33)24-14-7-11-21(27)17-24/h4-14,17-18,29H,15-16,19H2,1-3H3,(H,28,31). The molecule has 7 nitrogen and oxygen atoms in total. The molecule has 0 saturated carbocycles. The van der Waals surface area contributed by atoms with E-state index < -0.39 is 21.7 Å². The lowest BCUT2D eigenvalue weighted by atomic mass is 10.2. The number of carbonyl (C=O) groups excluding carboxylic acids is 1. The summed E-state index contributed by atoms with van der Waals surface area (Å²) < 4.78 is 34.4. The second-order valence-electron chi connectivity index (χ2n) is 8.95. The molecule has 9 heteroatoms. The Balaban J connectivity index is 1.78. The summed E-state index contributed by atoms with van der Waals surface area (Å²) >= 11 is 3.31. The smallest absolute Gasteiger partial charge is 0.407 e. The predicted molar refractivity (Wildman–Crippen MR) is 143 cm³/mol. The quantitative estimate of drug-likeness (QED) is 0.347. The first kappa shape index (κ1) is 26.6. The van der Waals surface area contributed by atoms with Crippen molar-refractivity contribution in [3.05, 3.63) is 88.9 Å². The topological polar surface area (TPSA) is 87.7 Å². The van der Waals surface area contributed by atoms with Crippen molar-refractivity contribution >= 4 is 43.4 Å². The van der Waals surface area contributed by atoms with Crippen LogP contribution in [-0.4, -0.2) is 33.2 Å². The average molecular weight is 561 g/mol. The SMILES string of the molecule is CC(C)(C)OC(=O)NCCN(Cc1ccccc1)c1cccc(NS(=O)(=O)c2cccc(Br)c2)c1. The van der Waals surface area contributed by atoms with Crippen molar-refractivity contribution in [1.29, 1.82) is 0 Å². The molecule has 3 rings (SSSR count). The number of hydrogen-bond donors (Lipinski definition) is 2. The molecule has 0 bridgehead atoms. The molecule has 3 aromatic carbocycles. The van der Waals surface area contributed by atoms with Crippen LogP contribution in [0.3, 0.4) is 0 Å². The number of carbonyl (C=O) groups is 1. The number of halogens is 1. The summed E-state index contributed by atoms with van der Waals surface area (Å²) in [7, 11) is -3.75. The second-order valence-corrected chi connectivity index (χ2v) is 11.5. The summed E-state index contributed by atoms with van der Waals surface area (Å²) in [5.74, 6) is 0. The molecule has 0 heterocycles. The zero-order valence-electron chi connectivity index (χ0n) is 20.0. The van der Waals surface area contributed by atoms with E-state index in [1.807, 2.05) is 57.2 Å². The van der Waals surface area contributed by atoms with Crippen molar-refractivity contribution < 1.29 is 17.9 Å². The number of hydrogen-bond acceptors (Lipinski definition) is 5. The van der Waals surface area contributed by atoms with Gasteiger partial charge in [0.25, 0.3) is 10.0 Å². The normalized spacial score (nSPS) is 11.5. The molecule has 0 fully saturated rings. The third-order valence-electron chi connectivity index (χ3n) is 4.84. The molecule has 0 atom stereocenters. The zero-order valence-corrected chi connectivity index (χ0v) is 22.4. The highest BCUT2D eigenvalue weighted by atomic mass is 79.9. The lowest BCUT2D eigenvalue weighted by molar-refractivity contribution is 0.0529. The van der Waals surface area contributed by atoms with Gasteiger partial charge in [-0.25, -0.2) is 13.2 Å². The first-order valence-electron chi connectivity index (χ1n) is 11.2. The Morgan fingerprint density at radius 2 is 1.69 bits per heavy atom. The Kier molecular flexibility index (Phi) is 8.80. The number of nitrogens with one attached hydrogen (secondary N) is 2. The van der Waals surface area contributed by atoms with Crippen LogP contribution in [0.4, 0.5) is 16.2 Å². The van der Waals surface area contributed by atoms with Crippen LogP contribution in [-0.2, 0) is 21.3 Å². The molecule has 3 aromatic rings. The van der Waals surface area contributed by atoms with Crippen LogP contribution >= 0.6 is 15.9 Å². The highest BCUT2D eigenvalue weighted by Crippen LogP contribution is 2.24. The van der Waals surface area contributed by atoms with Gasteiger partial charge in [0.05, 0.1) is 10.6 Å². The third kappa shape index (κ3) is 8.60. The van der Waals surface area contributed by atoms with E-state index in [1.54, 1.807) is 42.5 Å². The van der Waals surface area contributed by atoms with Crippen molar-refractivity contribution in [3.63, 3.8) is 0 Å². The number of alkyl carbamates (subject to hydrolysis) is 1.